The molecule has 6 nitrogen and oxygen atoms in total. The average Bonchev–Trinajstić information content (AvgIpc) is 2.85. The van der Waals surface area contributed by atoms with Gasteiger partial charge in [0.1, 0.15) is 6.10 Å². The highest BCUT2D eigenvalue weighted by atomic mass is 16.5. The monoisotopic (exact) mass is 347 g/mol. The van der Waals surface area contributed by atoms with Gasteiger partial charge >= 0.3 is 6.03 Å². The molecule has 1 unspecified atom stereocenters. The third-order valence-corrected chi connectivity index (χ3v) is 4.89. The highest BCUT2D eigenvalue weighted by Gasteiger charge is 2.19. The number of hydrogen-bond acceptors (Lipinski definition) is 4. The Balaban J connectivity index is 1.50. The highest BCUT2D eigenvalue weighted by Crippen LogP contribution is 2.18. The van der Waals surface area contributed by atoms with Crippen LogP contribution in [0, 0.1) is 5.92 Å². The lowest BCUT2D eigenvalue weighted by Gasteiger charge is -2.24. The number of aromatic nitrogens is 1. The molecule has 25 heavy (non-hydrogen) atoms. The molecule has 2 saturated heterocycles. The van der Waals surface area contributed by atoms with Gasteiger partial charge in [0.05, 0.1) is 13.2 Å². The standard InChI is InChI=1S/C19H29N3O3/c1-15-4-2-3-9-22(14-15)19(23)21-13-16-5-8-20-18(12-16)25-17-6-10-24-11-7-17/h5,8,12,15,17H,2-4,6-7,9-11,13-14H2,1H3,(H,21,23). The van der Waals surface area contributed by atoms with Crippen LogP contribution in [-0.4, -0.2) is 48.3 Å². The number of carbonyl (C=O) groups excluding carboxylic acids is 1. The molecule has 2 amide bonds. The van der Waals surface area contributed by atoms with Crippen molar-refractivity contribution in [3.05, 3.63) is 23.9 Å². The summed E-state index contributed by atoms with van der Waals surface area (Å²) in [6.45, 7) is 5.90. The molecule has 0 radical (unpaired) electrons. The molecule has 2 fully saturated rings. The van der Waals surface area contributed by atoms with Crippen molar-refractivity contribution in [2.75, 3.05) is 26.3 Å². The van der Waals surface area contributed by atoms with Crippen LogP contribution in [0.1, 0.15) is 44.6 Å². The van der Waals surface area contributed by atoms with E-state index in [4.69, 9.17) is 9.47 Å². The van der Waals surface area contributed by atoms with Crippen LogP contribution in [0.5, 0.6) is 5.88 Å². The maximum atomic E-state index is 12.4. The van der Waals surface area contributed by atoms with Crippen LogP contribution in [0.25, 0.3) is 0 Å². The predicted molar refractivity (Wildman–Crippen MR) is 95.5 cm³/mol. The molecular formula is C19H29N3O3. The van der Waals surface area contributed by atoms with Crippen LogP contribution in [0.15, 0.2) is 18.3 Å². The summed E-state index contributed by atoms with van der Waals surface area (Å²) >= 11 is 0. The van der Waals surface area contributed by atoms with Crippen LogP contribution in [0.3, 0.4) is 0 Å². The molecule has 1 atom stereocenters. The summed E-state index contributed by atoms with van der Waals surface area (Å²) in [7, 11) is 0. The molecule has 3 rings (SSSR count). The molecule has 2 aliphatic rings. The van der Waals surface area contributed by atoms with Crippen molar-refractivity contribution in [1.29, 1.82) is 0 Å². The molecule has 0 aromatic carbocycles. The zero-order chi connectivity index (χ0) is 17.5. The summed E-state index contributed by atoms with van der Waals surface area (Å²) in [6, 6.07) is 3.86. The largest absolute Gasteiger partial charge is 0.474 e. The van der Waals surface area contributed by atoms with Gasteiger partial charge in [-0.05, 0) is 30.4 Å². The van der Waals surface area contributed by atoms with E-state index < -0.39 is 0 Å². The minimum atomic E-state index is 0.0254. The molecule has 0 bridgehead atoms. The number of urea groups is 1. The van der Waals surface area contributed by atoms with Gasteiger partial charge in [-0.25, -0.2) is 9.78 Å². The number of ether oxygens (including phenoxy) is 2. The van der Waals surface area contributed by atoms with Gasteiger partial charge in [-0.15, -0.1) is 0 Å². The normalized spacial score (nSPS) is 22.3. The summed E-state index contributed by atoms with van der Waals surface area (Å²) in [5.41, 5.74) is 1.01. The van der Waals surface area contributed by atoms with Gasteiger partial charge in [-0.1, -0.05) is 13.3 Å². The van der Waals surface area contributed by atoms with E-state index in [9.17, 15) is 4.79 Å². The first-order chi connectivity index (χ1) is 12.2. The minimum Gasteiger partial charge on any atom is -0.474 e. The fourth-order valence-electron chi connectivity index (χ4n) is 3.42. The Morgan fingerprint density at radius 2 is 2.20 bits per heavy atom. The summed E-state index contributed by atoms with van der Waals surface area (Å²) in [5.74, 6) is 1.20. The number of nitrogens with one attached hydrogen (secondary N) is 1. The molecule has 6 heteroatoms. The average molecular weight is 347 g/mol. The second-order valence-corrected chi connectivity index (χ2v) is 7.14. The van der Waals surface area contributed by atoms with Crippen molar-refractivity contribution in [2.45, 2.75) is 51.7 Å². The smallest absolute Gasteiger partial charge is 0.317 e. The SMILES string of the molecule is CC1CCCCN(C(=O)NCc2ccnc(OC3CCOCC3)c2)C1. The number of rotatable bonds is 4. The molecule has 1 aromatic heterocycles. The summed E-state index contributed by atoms with van der Waals surface area (Å²) in [5, 5.41) is 3.03. The maximum absolute atomic E-state index is 12.4. The van der Waals surface area contributed by atoms with E-state index in [0.717, 1.165) is 51.1 Å². The zero-order valence-electron chi connectivity index (χ0n) is 15.1. The van der Waals surface area contributed by atoms with E-state index in [-0.39, 0.29) is 12.1 Å². The van der Waals surface area contributed by atoms with Crippen LogP contribution in [-0.2, 0) is 11.3 Å². The first-order valence-electron chi connectivity index (χ1n) is 9.43. The number of hydrogen-bond donors (Lipinski definition) is 1. The second-order valence-electron chi connectivity index (χ2n) is 7.14. The zero-order valence-corrected chi connectivity index (χ0v) is 15.1. The van der Waals surface area contributed by atoms with Crippen LogP contribution in [0.4, 0.5) is 4.79 Å². The van der Waals surface area contributed by atoms with Crippen molar-refractivity contribution >= 4 is 6.03 Å². The van der Waals surface area contributed by atoms with Crippen LogP contribution < -0.4 is 10.1 Å². The van der Waals surface area contributed by atoms with Gasteiger partial charge < -0.3 is 19.7 Å². The van der Waals surface area contributed by atoms with E-state index in [2.05, 4.69) is 17.2 Å². The maximum Gasteiger partial charge on any atom is 0.317 e. The molecule has 1 N–H and O–H groups in total. The van der Waals surface area contributed by atoms with E-state index in [1.165, 1.54) is 12.8 Å². The van der Waals surface area contributed by atoms with Gasteiger partial charge in [0.15, 0.2) is 0 Å². The van der Waals surface area contributed by atoms with Crippen molar-refractivity contribution in [1.82, 2.24) is 15.2 Å². The van der Waals surface area contributed by atoms with Crippen molar-refractivity contribution < 1.29 is 14.3 Å². The second kappa shape index (κ2) is 9.04. The predicted octanol–water partition coefficient (Wildman–Crippen LogP) is 2.97. The lowest BCUT2D eigenvalue weighted by Crippen LogP contribution is -2.41. The van der Waals surface area contributed by atoms with Crippen LogP contribution >= 0.6 is 0 Å². The minimum absolute atomic E-state index is 0.0254. The number of carbonyl (C=O) groups is 1. The lowest BCUT2D eigenvalue weighted by molar-refractivity contribution is 0.0237. The van der Waals surface area contributed by atoms with Gasteiger partial charge in [0.25, 0.3) is 0 Å². The van der Waals surface area contributed by atoms with Crippen LogP contribution in [0.2, 0.25) is 0 Å². The van der Waals surface area contributed by atoms with E-state index in [1.807, 2.05) is 17.0 Å². The quantitative estimate of drug-likeness (QED) is 0.909. The molecule has 0 spiro atoms. The third-order valence-electron chi connectivity index (χ3n) is 4.89. The number of amides is 2. The van der Waals surface area contributed by atoms with Gasteiger partial charge in [0.2, 0.25) is 5.88 Å². The van der Waals surface area contributed by atoms with E-state index >= 15 is 0 Å². The molecule has 138 valence electrons. The lowest BCUT2D eigenvalue weighted by atomic mass is 10.1. The Bertz CT molecular complexity index is 561. The molecule has 0 aliphatic carbocycles. The van der Waals surface area contributed by atoms with Crippen molar-refractivity contribution in [3.8, 4) is 5.88 Å². The molecule has 3 heterocycles. The van der Waals surface area contributed by atoms with Gasteiger partial charge in [-0.2, -0.15) is 0 Å². The fourth-order valence-corrected chi connectivity index (χ4v) is 3.42. The number of nitrogens with zero attached hydrogens (tertiary/aromatic N) is 2. The highest BCUT2D eigenvalue weighted by molar-refractivity contribution is 5.74. The number of likely N-dealkylation sites (tertiary alicyclic amines) is 1. The third kappa shape index (κ3) is 5.59. The Kier molecular flexibility index (Phi) is 6.50. The topological polar surface area (TPSA) is 63.7 Å². The molecular weight excluding hydrogens is 318 g/mol. The molecule has 0 saturated carbocycles. The van der Waals surface area contributed by atoms with E-state index in [1.54, 1.807) is 6.20 Å². The van der Waals surface area contributed by atoms with Crippen molar-refractivity contribution in [2.24, 2.45) is 5.92 Å². The Morgan fingerprint density at radius 3 is 3.04 bits per heavy atom. The summed E-state index contributed by atoms with van der Waals surface area (Å²) in [6.07, 6.45) is 7.22. The first-order valence-corrected chi connectivity index (χ1v) is 9.43. The van der Waals surface area contributed by atoms with E-state index in [0.29, 0.717) is 18.3 Å². The van der Waals surface area contributed by atoms with Crippen molar-refractivity contribution in [3.63, 3.8) is 0 Å². The molecule has 1 aromatic rings. The van der Waals surface area contributed by atoms with Gasteiger partial charge in [0, 0.05) is 44.7 Å². The van der Waals surface area contributed by atoms with Gasteiger partial charge in [-0.3, -0.25) is 0 Å². The summed E-state index contributed by atoms with van der Waals surface area (Å²) in [4.78, 5) is 18.7. The number of pyridine rings is 1. The Morgan fingerprint density at radius 1 is 1.36 bits per heavy atom. The summed E-state index contributed by atoms with van der Waals surface area (Å²) < 4.78 is 11.3. The Hall–Kier alpha value is -1.82. The molecule has 2 aliphatic heterocycles. The first kappa shape index (κ1) is 18.0. The Labute approximate surface area is 149 Å². The fraction of sp³-hybridized carbons (Fsp3) is 0.684.